The fraction of sp³-hybridized carbons (Fsp3) is 0.588. The van der Waals surface area contributed by atoms with E-state index in [1.807, 2.05) is 13.0 Å². The van der Waals surface area contributed by atoms with Crippen LogP contribution in [0.3, 0.4) is 0 Å². The van der Waals surface area contributed by atoms with Crippen LogP contribution in [0.2, 0.25) is 0 Å². The molecule has 1 aliphatic carbocycles. The molecule has 122 valence electrons. The van der Waals surface area contributed by atoms with Gasteiger partial charge in [-0.1, -0.05) is 5.16 Å². The number of carbonyl (C=O) groups excluding carboxylic acids is 1. The Morgan fingerprint density at radius 1 is 1.39 bits per heavy atom. The zero-order valence-corrected chi connectivity index (χ0v) is 13.3. The highest BCUT2D eigenvalue weighted by atomic mass is 16.5. The van der Waals surface area contributed by atoms with E-state index < -0.39 is 0 Å². The molecule has 0 aromatic carbocycles. The maximum Gasteiger partial charge on any atom is 0.259 e. The average molecular weight is 315 g/mol. The number of aryl methyl sites for hydroxylation is 1. The van der Waals surface area contributed by atoms with Crippen LogP contribution in [0.5, 0.6) is 0 Å². The molecule has 6 heteroatoms. The van der Waals surface area contributed by atoms with Gasteiger partial charge < -0.3 is 14.6 Å². The summed E-state index contributed by atoms with van der Waals surface area (Å²) in [5.41, 5.74) is 2.76. The molecule has 1 aliphatic heterocycles. The van der Waals surface area contributed by atoms with Crippen LogP contribution < -0.4 is 5.32 Å². The molecule has 2 aromatic rings. The minimum absolute atomic E-state index is 0.0730. The van der Waals surface area contributed by atoms with Crippen molar-refractivity contribution in [2.45, 2.75) is 38.5 Å². The van der Waals surface area contributed by atoms with Gasteiger partial charge in [-0.15, -0.1) is 0 Å². The molecular formula is C17H21N3O3. The van der Waals surface area contributed by atoms with Gasteiger partial charge in [0.25, 0.3) is 11.6 Å². The first kappa shape index (κ1) is 14.6. The molecule has 4 rings (SSSR count). The Hall–Kier alpha value is -1.95. The molecule has 2 fully saturated rings. The minimum Gasteiger partial charge on any atom is -0.381 e. The molecule has 6 nitrogen and oxygen atoms in total. The summed E-state index contributed by atoms with van der Waals surface area (Å²) in [6, 6.07) is 1.91. The van der Waals surface area contributed by atoms with Crippen LogP contribution in [0, 0.1) is 12.8 Å². The lowest BCUT2D eigenvalue weighted by Crippen LogP contribution is -2.33. The monoisotopic (exact) mass is 315 g/mol. The highest BCUT2D eigenvalue weighted by Gasteiger charge is 2.28. The first-order chi connectivity index (χ1) is 11.2. The molecule has 0 radical (unpaired) electrons. The number of carbonyl (C=O) groups is 1. The first-order valence-corrected chi connectivity index (χ1v) is 8.35. The molecule has 0 bridgehead atoms. The number of hydrogen-bond donors (Lipinski definition) is 1. The molecule has 3 heterocycles. The van der Waals surface area contributed by atoms with Crippen LogP contribution in [0.1, 0.15) is 53.3 Å². The van der Waals surface area contributed by atoms with Crippen molar-refractivity contribution in [3.63, 3.8) is 0 Å². The fourth-order valence-corrected chi connectivity index (χ4v) is 3.18. The quantitative estimate of drug-likeness (QED) is 0.938. The third-order valence-electron chi connectivity index (χ3n) is 4.68. The van der Waals surface area contributed by atoms with Crippen molar-refractivity contribution in [1.82, 2.24) is 15.5 Å². The number of rotatable bonds is 4. The molecule has 1 N–H and O–H groups in total. The normalized spacial score (nSPS) is 21.5. The number of nitrogens with zero attached hydrogens (tertiary/aromatic N) is 2. The number of amides is 1. The summed E-state index contributed by atoms with van der Waals surface area (Å²) in [5, 5.41) is 7.75. The van der Waals surface area contributed by atoms with Gasteiger partial charge in [0.1, 0.15) is 0 Å². The second kappa shape index (κ2) is 5.92. The number of fused-ring (bicyclic) bond motifs is 1. The van der Waals surface area contributed by atoms with Crippen LogP contribution in [0.25, 0.3) is 11.1 Å². The van der Waals surface area contributed by atoms with E-state index in [0.29, 0.717) is 35.4 Å². The lowest BCUT2D eigenvalue weighted by molar-refractivity contribution is 0.0536. The van der Waals surface area contributed by atoms with Crippen LogP contribution in [0.4, 0.5) is 0 Å². The smallest absolute Gasteiger partial charge is 0.259 e. The zero-order chi connectivity index (χ0) is 15.8. The van der Waals surface area contributed by atoms with Crippen molar-refractivity contribution in [2.24, 2.45) is 5.92 Å². The Balaban J connectivity index is 1.58. The topological polar surface area (TPSA) is 77.2 Å². The van der Waals surface area contributed by atoms with Crippen LogP contribution in [-0.4, -0.2) is 35.8 Å². The highest BCUT2D eigenvalue weighted by Crippen LogP contribution is 2.40. The molecule has 0 unspecified atom stereocenters. The average Bonchev–Trinajstić information content (AvgIpc) is 3.37. The summed E-state index contributed by atoms with van der Waals surface area (Å²) in [5.74, 6) is 0.788. The van der Waals surface area contributed by atoms with Crippen LogP contribution in [0.15, 0.2) is 10.6 Å². The van der Waals surface area contributed by atoms with E-state index in [1.54, 1.807) is 0 Å². The number of nitrogens with one attached hydrogen (secondary N) is 1. The van der Waals surface area contributed by atoms with E-state index in [0.717, 1.165) is 50.0 Å². The molecule has 2 aliphatic rings. The van der Waals surface area contributed by atoms with Crippen LogP contribution in [-0.2, 0) is 4.74 Å². The SMILES string of the molecule is Cc1noc2nc(C3CC3)cc(C(=O)NC[C@@H]3CCCOC3)c12. The van der Waals surface area contributed by atoms with Gasteiger partial charge in [-0.3, -0.25) is 4.79 Å². The van der Waals surface area contributed by atoms with E-state index in [-0.39, 0.29) is 5.91 Å². The van der Waals surface area contributed by atoms with Crippen molar-refractivity contribution in [1.29, 1.82) is 0 Å². The molecule has 23 heavy (non-hydrogen) atoms. The third kappa shape index (κ3) is 2.95. The maximum absolute atomic E-state index is 12.7. The summed E-state index contributed by atoms with van der Waals surface area (Å²) in [6.45, 7) is 4.05. The molecule has 1 saturated heterocycles. The molecule has 2 aromatic heterocycles. The molecule has 1 atom stereocenters. The van der Waals surface area contributed by atoms with Crippen molar-refractivity contribution in [3.8, 4) is 0 Å². The minimum atomic E-state index is -0.0730. The van der Waals surface area contributed by atoms with Gasteiger partial charge in [-0.2, -0.15) is 0 Å². The summed E-state index contributed by atoms with van der Waals surface area (Å²) in [7, 11) is 0. The summed E-state index contributed by atoms with van der Waals surface area (Å²) in [4.78, 5) is 17.2. The van der Waals surface area contributed by atoms with E-state index in [4.69, 9.17) is 9.26 Å². The lowest BCUT2D eigenvalue weighted by atomic mass is 10.0. The van der Waals surface area contributed by atoms with Gasteiger partial charge in [0.2, 0.25) is 0 Å². The maximum atomic E-state index is 12.7. The van der Waals surface area contributed by atoms with Gasteiger partial charge in [0.15, 0.2) is 0 Å². The molecular weight excluding hydrogens is 294 g/mol. The van der Waals surface area contributed by atoms with Gasteiger partial charge in [0, 0.05) is 24.8 Å². The van der Waals surface area contributed by atoms with Crippen molar-refractivity contribution in [3.05, 3.63) is 23.0 Å². The molecule has 1 amide bonds. The van der Waals surface area contributed by atoms with E-state index in [2.05, 4.69) is 15.5 Å². The Kier molecular flexibility index (Phi) is 3.77. The van der Waals surface area contributed by atoms with E-state index in [9.17, 15) is 4.79 Å². The van der Waals surface area contributed by atoms with E-state index >= 15 is 0 Å². The first-order valence-electron chi connectivity index (χ1n) is 8.35. The zero-order valence-electron chi connectivity index (χ0n) is 13.3. The summed E-state index contributed by atoms with van der Waals surface area (Å²) >= 11 is 0. The molecule has 1 saturated carbocycles. The number of hydrogen-bond acceptors (Lipinski definition) is 5. The van der Waals surface area contributed by atoms with Crippen molar-refractivity contribution < 1.29 is 14.1 Å². The fourth-order valence-electron chi connectivity index (χ4n) is 3.18. The highest BCUT2D eigenvalue weighted by molar-refractivity contribution is 6.06. The Morgan fingerprint density at radius 3 is 3.00 bits per heavy atom. The van der Waals surface area contributed by atoms with Gasteiger partial charge >= 0.3 is 0 Å². The predicted molar refractivity (Wildman–Crippen MR) is 84.4 cm³/mol. The van der Waals surface area contributed by atoms with Gasteiger partial charge in [-0.05, 0) is 44.6 Å². The predicted octanol–water partition coefficient (Wildman–Crippen LogP) is 2.57. The van der Waals surface area contributed by atoms with Gasteiger partial charge in [-0.25, -0.2) is 4.98 Å². The lowest BCUT2D eigenvalue weighted by Gasteiger charge is -2.22. The second-order valence-corrected chi connectivity index (χ2v) is 6.61. The van der Waals surface area contributed by atoms with Crippen molar-refractivity contribution >= 4 is 17.0 Å². The van der Waals surface area contributed by atoms with E-state index in [1.165, 1.54) is 0 Å². The number of ether oxygens (including phenoxy) is 1. The molecule has 0 spiro atoms. The van der Waals surface area contributed by atoms with Gasteiger partial charge in [0.05, 0.1) is 23.3 Å². The largest absolute Gasteiger partial charge is 0.381 e. The third-order valence-corrected chi connectivity index (χ3v) is 4.68. The standard InChI is InChI=1S/C17H21N3O3/c1-10-15-13(16(21)18-8-11-3-2-6-22-9-11)7-14(12-4-5-12)19-17(15)23-20-10/h7,11-12H,2-6,8-9H2,1H3,(H,18,21)/t11-/m0/s1. The second-order valence-electron chi connectivity index (χ2n) is 6.61. The number of pyridine rings is 1. The van der Waals surface area contributed by atoms with Crippen molar-refractivity contribution in [2.75, 3.05) is 19.8 Å². The summed E-state index contributed by atoms with van der Waals surface area (Å²) in [6.07, 6.45) is 4.43. The van der Waals surface area contributed by atoms with Crippen LogP contribution >= 0.6 is 0 Å². The Labute approximate surface area is 134 Å². The Morgan fingerprint density at radius 2 is 2.26 bits per heavy atom. The summed E-state index contributed by atoms with van der Waals surface area (Å²) < 4.78 is 10.8. The number of aromatic nitrogens is 2. The Bertz CT molecular complexity index is 730.